The first-order valence-corrected chi connectivity index (χ1v) is 5.67. The standard InChI is InChI=1S/C16H14O2/c1-3-12-8-4-5-9-13(12)14-10-6-7-11-15(14)16(17)18-2/h3-11H,1H2,2H3. The minimum atomic E-state index is -0.329. The summed E-state index contributed by atoms with van der Waals surface area (Å²) in [6.45, 7) is 3.80. The van der Waals surface area contributed by atoms with Crippen LogP contribution in [0.5, 0.6) is 0 Å². The molecule has 0 aliphatic heterocycles. The SMILES string of the molecule is C=Cc1ccccc1-c1ccccc1C(=O)OC. The van der Waals surface area contributed by atoms with Crippen LogP contribution in [-0.4, -0.2) is 13.1 Å². The van der Waals surface area contributed by atoms with Gasteiger partial charge in [-0.15, -0.1) is 0 Å². The van der Waals surface area contributed by atoms with Crippen molar-refractivity contribution >= 4 is 12.0 Å². The first-order chi connectivity index (χ1) is 8.77. The van der Waals surface area contributed by atoms with E-state index >= 15 is 0 Å². The number of carbonyl (C=O) groups is 1. The molecule has 0 atom stereocenters. The van der Waals surface area contributed by atoms with Crippen molar-refractivity contribution in [1.29, 1.82) is 0 Å². The molecule has 0 aromatic heterocycles. The van der Waals surface area contributed by atoms with E-state index in [1.54, 1.807) is 12.1 Å². The molecule has 0 spiro atoms. The Labute approximate surface area is 107 Å². The summed E-state index contributed by atoms with van der Waals surface area (Å²) in [7, 11) is 1.39. The van der Waals surface area contributed by atoms with E-state index in [2.05, 4.69) is 6.58 Å². The van der Waals surface area contributed by atoms with Crippen molar-refractivity contribution in [2.75, 3.05) is 7.11 Å². The minimum absolute atomic E-state index is 0.329. The van der Waals surface area contributed by atoms with Gasteiger partial charge in [-0.3, -0.25) is 0 Å². The molecule has 0 saturated carbocycles. The molecule has 0 bridgehead atoms. The van der Waals surface area contributed by atoms with Crippen molar-refractivity contribution in [3.05, 3.63) is 66.2 Å². The Bertz CT molecular complexity index is 585. The number of methoxy groups -OCH3 is 1. The van der Waals surface area contributed by atoms with Crippen molar-refractivity contribution in [1.82, 2.24) is 0 Å². The number of carbonyl (C=O) groups excluding carboxylic acids is 1. The summed E-state index contributed by atoms with van der Waals surface area (Å²) in [6, 6.07) is 15.2. The Hall–Kier alpha value is -2.35. The molecule has 0 radical (unpaired) electrons. The lowest BCUT2D eigenvalue weighted by atomic mass is 9.95. The highest BCUT2D eigenvalue weighted by atomic mass is 16.5. The lowest BCUT2D eigenvalue weighted by Gasteiger charge is -2.10. The molecular formula is C16H14O2. The Balaban J connectivity index is 2.64. The van der Waals surface area contributed by atoms with Gasteiger partial charge in [0.15, 0.2) is 0 Å². The van der Waals surface area contributed by atoms with Gasteiger partial charge < -0.3 is 4.74 Å². The predicted octanol–water partition coefficient (Wildman–Crippen LogP) is 3.78. The molecule has 18 heavy (non-hydrogen) atoms. The molecule has 0 N–H and O–H groups in total. The van der Waals surface area contributed by atoms with Gasteiger partial charge in [0.2, 0.25) is 0 Å². The van der Waals surface area contributed by atoms with Gasteiger partial charge in [0.1, 0.15) is 0 Å². The van der Waals surface area contributed by atoms with Crippen LogP contribution in [0.25, 0.3) is 17.2 Å². The Kier molecular flexibility index (Phi) is 3.58. The monoisotopic (exact) mass is 238 g/mol. The summed E-state index contributed by atoms with van der Waals surface area (Å²) in [4.78, 5) is 11.8. The van der Waals surface area contributed by atoms with Gasteiger partial charge in [-0.25, -0.2) is 4.79 Å². The zero-order valence-electron chi connectivity index (χ0n) is 10.2. The van der Waals surface area contributed by atoms with Crippen LogP contribution >= 0.6 is 0 Å². The van der Waals surface area contributed by atoms with Crippen LogP contribution in [0.15, 0.2) is 55.1 Å². The molecule has 2 aromatic rings. The maximum Gasteiger partial charge on any atom is 0.338 e. The second-order valence-electron chi connectivity index (χ2n) is 3.83. The van der Waals surface area contributed by atoms with E-state index < -0.39 is 0 Å². The lowest BCUT2D eigenvalue weighted by molar-refractivity contribution is 0.0601. The smallest absolute Gasteiger partial charge is 0.338 e. The molecular weight excluding hydrogens is 224 g/mol. The van der Waals surface area contributed by atoms with E-state index in [9.17, 15) is 4.79 Å². The topological polar surface area (TPSA) is 26.3 Å². The molecule has 2 nitrogen and oxygen atoms in total. The van der Waals surface area contributed by atoms with Crippen molar-refractivity contribution < 1.29 is 9.53 Å². The molecule has 2 aromatic carbocycles. The number of esters is 1. The second kappa shape index (κ2) is 5.32. The molecule has 0 saturated heterocycles. The van der Waals surface area contributed by atoms with Crippen LogP contribution in [-0.2, 0) is 4.74 Å². The zero-order chi connectivity index (χ0) is 13.0. The fraction of sp³-hybridized carbons (Fsp3) is 0.0625. The van der Waals surface area contributed by atoms with Gasteiger partial charge in [0.05, 0.1) is 12.7 Å². The van der Waals surface area contributed by atoms with E-state index in [0.717, 1.165) is 16.7 Å². The largest absolute Gasteiger partial charge is 0.465 e. The van der Waals surface area contributed by atoms with Crippen LogP contribution in [0.3, 0.4) is 0 Å². The Morgan fingerprint density at radius 2 is 1.67 bits per heavy atom. The number of hydrogen-bond donors (Lipinski definition) is 0. The average Bonchev–Trinajstić information content (AvgIpc) is 2.46. The van der Waals surface area contributed by atoms with Gasteiger partial charge in [-0.05, 0) is 22.8 Å². The number of rotatable bonds is 3. The van der Waals surface area contributed by atoms with Crippen LogP contribution in [0.2, 0.25) is 0 Å². The fourth-order valence-corrected chi connectivity index (χ4v) is 1.93. The number of hydrogen-bond acceptors (Lipinski definition) is 2. The zero-order valence-corrected chi connectivity index (χ0v) is 10.2. The molecule has 90 valence electrons. The van der Waals surface area contributed by atoms with E-state index in [0.29, 0.717) is 5.56 Å². The summed E-state index contributed by atoms with van der Waals surface area (Å²) in [5.74, 6) is -0.329. The van der Waals surface area contributed by atoms with Crippen LogP contribution in [0, 0.1) is 0 Å². The molecule has 0 unspecified atom stereocenters. The maximum atomic E-state index is 11.8. The minimum Gasteiger partial charge on any atom is -0.465 e. The highest BCUT2D eigenvalue weighted by Gasteiger charge is 2.13. The van der Waals surface area contributed by atoms with Gasteiger partial charge in [0, 0.05) is 0 Å². The van der Waals surface area contributed by atoms with Crippen LogP contribution in [0.1, 0.15) is 15.9 Å². The number of ether oxygens (including phenoxy) is 1. The Morgan fingerprint density at radius 1 is 1.06 bits per heavy atom. The first kappa shape index (κ1) is 12.1. The summed E-state index contributed by atoms with van der Waals surface area (Å²) >= 11 is 0. The summed E-state index contributed by atoms with van der Waals surface area (Å²) < 4.78 is 4.81. The van der Waals surface area contributed by atoms with E-state index in [1.807, 2.05) is 42.5 Å². The van der Waals surface area contributed by atoms with E-state index in [4.69, 9.17) is 4.74 Å². The van der Waals surface area contributed by atoms with Gasteiger partial charge in [-0.2, -0.15) is 0 Å². The van der Waals surface area contributed by atoms with Crippen molar-refractivity contribution in [2.24, 2.45) is 0 Å². The lowest BCUT2D eigenvalue weighted by Crippen LogP contribution is -2.03. The first-order valence-electron chi connectivity index (χ1n) is 5.67. The average molecular weight is 238 g/mol. The van der Waals surface area contributed by atoms with Crippen LogP contribution in [0.4, 0.5) is 0 Å². The highest BCUT2D eigenvalue weighted by Crippen LogP contribution is 2.28. The summed E-state index contributed by atoms with van der Waals surface area (Å²) in [5.41, 5.74) is 3.40. The molecule has 0 fully saturated rings. The predicted molar refractivity (Wildman–Crippen MR) is 73.3 cm³/mol. The third-order valence-corrected chi connectivity index (χ3v) is 2.80. The summed E-state index contributed by atoms with van der Waals surface area (Å²) in [5, 5.41) is 0. The molecule has 0 aliphatic carbocycles. The fourth-order valence-electron chi connectivity index (χ4n) is 1.93. The molecule has 0 amide bonds. The van der Waals surface area contributed by atoms with E-state index in [1.165, 1.54) is 7.11 Å². The third kappa shape index (κ3) is 2.18. The molecule has 0 aliphatic rings. The highest BCUT2D eigenvalue weighted by molar-refractivity contribution is 5.98. The van der Waals surface area contributed by atoms with Gasteiger partial charge in [-0.1, -0.05) is 55.1 Å². The van der Waals surface area contributed by atoms with Crippen molar-refractivity contribution in [3.8, 4) is 11.1 Å². The molecule has 0 heterocycles. The second-order valence-corrected chi connectivity index (χ2v) is 3.83. The quantitative estimate of drug-likeness (QED) is 0.760. The molecule has 2 heteroatoms. The van der Waals surface area contributed by atoms with Gasteiger partial charge in [0.25, 0.3) is 0 Å². The summed E-state index contributed by atoms with van der Waals surface area (Å²) in [6.07, 6.45) is 1.78. The molecule has 2 rings (SSSR count). The number of benzene rings is 2. The van der Waals surface area contributed by atoms with Crippen LogP contribution < -0.4 is 0 Å². The third-order valence-electron chi connectivity index (χ3n) is 2.80. The van der Waals surface area contributed by atoms with E-state index in [-0.39, 0.29) is 5.97 Å². The Morgan fingerprint density at radius 3 is 2.33 bits per heavy atom. The van der Waals surface area contributed by atoms with Crippen molar-refractivity contribution in [3.63, 3.8) is 0 Å². The van der Waals surface area contributed by atoms with Crippen molar-refractivity contribution in [2.45, 2.75) is 0 Å². The maximum absolute atomic E-state index is 11.8. The normalized spacial score (nSPS) is 9.83. The van der Waals surface area contributed by atoms with Gasteiger partial charge >= 0.3 is 5.97 Å².